The second-order valence-corrected chi connectivity index (χ2v) is 4.35. The largest absolute Gasteiger partial charge is 0.371 e. The summed E-state index contributed by atoms with van der Waals surface area (Å²) in [5.41, 5.74) is 6.95. The highest BCUT2D eigenvalue weighted by molar-refractivity contribution is 5.09. The molecule has 2 rings (SSSR count). The Morgan fingerprint density at radius 2 is 2.19 bits per heavy atom. The molecule has 0 bridgehead atoms. The van der Waals surface area contributed by atoms with Crippen LogP contribution < -0.4 is 5.73 Å². The van der Waals surface area contributed by atoms with Crippen LogP contribution in [0, 0.1) is 0 Å². The molecule has 2 unspecified atom stereocenters. The molecular formula is C12H19N3O. The highest BCUT2D eigenvalue weighted by Gasteiger charge is 2.23. The molecule has 1 saturated heterocycles. The van der Waals surface area contributed by atoms with Crippen molar-refractivity contribution in [1.82, 2.24) is 9.88 Å². The van der Waals surface area contributed by atoms with Crippen LogP contribution in [-0.4, -0.2) is 41.7 Å². The van der Waals surface area contributed by atoms with Crippen molar-refractivity contribution in [3.05, 3.63) is 30.1 Å². The summed E-state index contributed by atoms with van der Waals surface area (Å²) in [5.74, 6) is 0. The van der Waals surface area contributed by atoms with Crippen LogP contribution in [0.1, 0.15) is 12.5 Å². The monoisotopic (exact) mass is 221 g/mol. The minimum Gasteiger partial charge on any atom is -0.371 e. The standard InChI is InChI=1S/C12H19N3O/c1-10-7-15(9-12(6-13)16-10)8-11-2-4-14-5-3-11/h2-5,10,12H,6-9,13H2,1H3. The van der Waals surface area contributed by atoms with E-state index in [0.717, 1.165) is 19.6 Å². The molecule has 1 aliphatic heterocycles. The van der Waals surface area contributed by atoms with E-state index in [1.165, 1.54) is 5.56 Å². The first-order chi connectivity index (χ1) is 7.78. The van der Waals surface area contributed by atoms with Crippen LogP contribution in [-0.2, 0) is 11.3 Å². The number of hydrogen-bond acceptors (Lipinski definition) is 4. The van der Waals surface area contributed by atoms with Gasteiger partial charge in [-0.25, -0.2) is 0 Å². The van der Waals surface area contributed by atoms with Gasteiger partial charge in [0.15, 0.2) is 0 Å². The molecule has 0 spiro atoms. The molecule has 2 N–H and O–H groups in total. The van der Waals surface area contributed by atoms with E-state index >= 15 is 0 Å². The third-order valence-electron chi connectivity index (χ3n) is 2.82. The molecule has 2 heterocycles. The Morgan fingerprint density at radius 1 is 1.44 bits per heavy atom. The van der Waals surface area contributed by atoms with E-state index in [-0.39, 0.29) is 12.2 Å². The highest BCUT2D eigenvalue weighted by Crippen LogP contribution is 2.13. The van der Waals surface area contributed by atoms with Crippen molar-refractivity contribution < 1.29 is 4.74 Å². The number of morpholine rings is 1. The van der Waals surface area contributed by atoms with E-state index < -0.39 is 0 Å². The van der Waals surface area contributed by atoms with Gasteiger partial charge in [-0.3, -0.25) is 9.88 Å². The molecule has 1 aromatic rings. The zero-order valence-electron chi connectivity index (χ0n) is 9.67. The first-order valence-corrected chi connectivity index (χ1v) is 5.74. The van der Waals surface area contributed by atoms with Crippen molar-refractivity contribution in [2.24, 2.45) is 5.73 Å². The number of hydrogen-bond donors (Lipinski definition) is 1. The lowest BCUT2D eigenvalue weighted by Crippen LogP contribution is -2.48. The zero-order valence-corrected chi connectivity index (χ0v) is 9.67. The maximum atomic E-state index is 5.72. The van der Waals surface area contributed by atoms with Crippen LogP contribution in [0.25, 0.3) is 0 Å². The highest BCUT2D eigenvalue weighted by atomic mass is 16.5. The summed E-state index contributed by atoms with van der Waals surface area (Å²) in [4.78, 5) is 6.41. The van der Waals surface area contributed by atoms with Crippen molar-refractivity contribution in [1.29, 1.82) is 0 Å². The molecule has 4 heteroatoms. The Kier molecular flexibility index (Phi) is 3.88. The van der Waals surface area contributed by atoms with E-state index in [1.54, 1.807) is 0 Å². The molecule has 2 atom stereocenters. The molecule has 0 amide bonds. The van der Waals surface area contributed by atoms with Gasteiger partial charge in [-0.15, -0.1) is 0 Å². The Morgan fingerprint density at radius 3 is 2.88 bits per heavy atom. The Labute approximate surface area is 96.4 Å². The Bertz CT molecular complexity index is 317. The molecule has 0 saturated carbocycles. The lowest BCUT2D eigenvalue weighted by Gasteiger charge is -2.36. The molecule has 16 heavy (non-hydrogen) atoms. The lowest BCUT2D eigenvalue weighted by molar-refractivity contribution is -0.0745. The third kappa shape index (κ3) is 3.01. The van der Waals surface area contributed by atoms with Gasteiger partial charge in [0.2, 0.25) is 0 Å². The maximum Gasteiger partial charge on any atom is 0.0828 e. The summed E-state index contributed by atoms with van der Waals surface area (Å²) in [7, 11) is 0. The van der Waals surface area contributed by atoms with Gasteiger partial charge in [0, 0.05) is 38.6 Å². The average molecular weight is 221 g/mol. The first-order valence-electron chi connectivity index (χ1n) is 5.74. The molecule has 0 radical (unpaired) electrons. The van der Waals surface area contributed by atoms with Crippen molar-refractivity contribution >= 4 is 0 Å². The number of nitrogens with two attached hydrogens (primary N) is 1. The van der Waals surface area contributed by atoms with Gasteiger partial charge in [0.25, 0.3) is 0 Å². The average Bonchev–Trinajstić information content (AvgIpc) is 2.29. The van der Waals surface area contributed by atoms with Crippen LogP contribution in [0.2, 0.25) is 0 Å². The van der Waals surface area contributed by atoms with Gasteiger partial charge in [-0.2, -0.15) is 0 Å². The molecule has 1 aromatic heterocycles. The SMILES string of the molecule is CC1CN(Cc2ccncc2)CC(CN)O1. The number of aromatic nitrogens is 1. The molecule has 0 aliphatic carbocycles. The second kappa shape index (κ2) is 5.39. The van der Waals surface area contributed by atoms with Crippen LogP contribution in [0.3, 0.4) is 0 Å². The minimum absolute atomic E-state index is 0.172. The van der Waals surface area contributed by atoms with Crippen LogP contribution in [0.4, 0.5) is 0 Å². The van der Waals surface area contributed by atoms with E-state index in [2.05, 4.69) is 28.9 Å². The fourth-order valence-electron chi connectivity index (χ4n) is 2.15. The number of nitrogens with zero attached hydrogens (tertiary/aromatic N) is 2. The van der Waals surface area contributed by atoms with Crippen molar-refractivity contribution in [2.45, 2.75) is 25.7 Å². The van der Waals surface area contributed by atoms with E-state index in [4.69, 9.17) is 10.5 Å². The number of rotatable bonds is 3. The topological polar surface area (TPSA) is 51.4 Å². The summed E-state index contributed by atoms with van der Waals surface area (Å²) in [5, 5.41) is 0. The van der Waals surface area contributed by atoms with Crippen LogP contribution in [0.15, 0.2) is 24.5 Å². The minimum atomic E-state index is 0.172. The number of ether oxygens (including phenoxy) is 1. The third-order valence-corrected chi connectivity index (χ3v) is 2.82. The van der Waals surface area contributed by atoms with Crippen molar-refractivity contribution in [3.8, 4) is 0 Å². The lowest BCUT2D eigenvalue weighted by atomic mass is 10.2. The maximum absolute atomic E-state index is 5.72. The fourth-order valence-corrected chi connectivity index (χ4v) is 2.15. The van der Waals surface area contributed by atoms with Crippen LogP contribution >= 0.6 is 0 Å². The van der Waals surface area contributed by atoms with Crippen molar-refractivity contribution in [3.63, 3.8) is 0 Å². The van der Waals surface area contributed by atoms with Gasteiger partial charge in [0.05, 0.1) is 12.2 Å². The Hall–Kier alpha value is -0.970. The van der Waals surface area contributed by atoms with E-state index in [1.807, 2.05) is 12.4 Å². The smallest absolute Gasteiger partial charge is 0.0828 e. The molecule has 1 fully saturated rings. The summed E-state index contributed by atoms with van der Waals surface area (Å²) in [6.45, 7) is 5.53. The van der Waals surface area contributed by atoms with Gasteiger partial charge in [-0.1, -0.05) is 0 Å². The Balaban J connectivity index is 1.94. The molecule has 88 valence electrons. The molecule has 1 aliphatic rings. The van der Waals surface area contributed by atoms with E-state index in [0.29, 0.717) is 6.54 Å². The predicted octanol–water partition coefficient (Wildman–Crippen LogP) is 0.630. The van der Waals surface area contributed by atoms with Gasteiger partial charge in [-0.05, 0) is 24.6 Å². The van der Waals surface area contributed by atoms with Gasteiger partial charge in [0.1, 0.15) is 0 Å². The summed E-state index contributed by atoms with van der Waals surface area (Å²) < 4.78 is 5.72. The van der Waals surface area contributed by atoms with Crippen molar-refractivity contribution in [2.75, 3.05) is 19.6 Å². The first kappa shape index (κ1) is 11.5. The summed E-state index contributed by atoms with van der Waals surface area (Å²) in [6, 6.07) is 4.11. The number of pyridine rings is 1. The molecule has 4 nitrogen and oxygen atoms in total. The second-order valence-electron chi connectivity index (χ2n) is 4.35. The normalized spacial score (nSPS) is 26.9. The summed E-state index contributed by atoms with van der Waals surface area (Å²) >= 11 is 0. The zero-order chi connectivity index (χ0) is 11.4. The van der Waals surface area contributed by atoms with E-state index in [9.17, 15) is 0 Å². The predicted molar refractivity (Wildman–Crippen MR) is 62.9 cm³/mol. The fraction of sp³-hybridized carbons (Fsp3) is 0.583. The molecular weight excluding hydrogens is 202 g/mol. The van der Waals surface area contributed by atoms with Gasteiger partial charge < -0.3 is 10.5 Å². The van der Waals surface area contributed by atoms with Crippen LogP contribution in [0.5, 0.6) is 0 Å². The summed E-state index contributed by atoms with van der Waals surface area (Å²) in [6.07, 6.45) is 4.11. The quantitative estimate of drug-likeness (QED) is 0.813. The van der Waals surface area contributed by atoms with Gasteiger partial charge >= 0.3 is 0 Å². The molecule has 0 aromatic carbocycles.